The van der Waals surface area contributed by atoms with Crippen molar-refractivity contribution in [2.24, 2.45) is 5.16 Å². The molecule has 1 saturated heterocycles. The number of benzene rings is 3. The molecule has 4 aromatic rings. The Bertz CT molecular complexity index is 1320. The summed E-state index contributed by atoms with van der Waals surface area (Å²) in [6, 6.07) is 22.8. The number of likely N-dealkylation sites (tertiary alicyclic amines) is 1. The van der Waals surface area contributed by atoms with Crippen molar-refractivity contribution in [2.75, 3.05) is 13.7 Å². The van der Waals surface area contributed by atoms with Gasteiger partial charge in [-0.05, 0) is 47.5 Å². The molecule has 1 fully saturated rings. The molecular formula is C26H21FN4O3. The van der Waals surface area contributed by atoms with Crippen molar-refractivity contribution >= 4 is 11.6 Å². The highest BCUT2D eigenvalue weighted by Crippen LogP contribution is 2.33. The molecular weight excluding hydrogens is 435 g/mol. The van der Waals surface area contributed by atoms with Crippen LogP contribution in [-0.2, 0) is 4.84 Å². The summed E-state index contributed by atoms with van der Waals surface area (Å²) in [7, 11) is 1.47. The summed E-state index contributed by atoms with van der Waals surface area (Å²) in [5, 5.41) is 8.07. The highest BCUT2D eigenvalue weighted by molar-refractivity contribution is 6.00. The van der Waals surface area contributed by atoms with E-state index in [0.29, 0.717) is 29.1 Å². The monoisotopic (exact) mass is 456 g/mol. The normalized spacial score (nSPS) is 16.7. The van der Waals surface area contributed by atoms with Gasteiger partial charge in [0.25, 0.3) is 5.91 Å². The molecule has 5 rings (SSSR count). The number of aromatic nitrogens is 2. The van der Waals surface area contributed by atoms with E-state index in [2.05, 4.69) is 15.3 Å². The number of hydrogen-bond acceptors (Lipinski definition) is 6. The zero-order valence-corrected chi connectivity index (χ0v) is 18.4. The number of hydrogen-bond donors (Lipinski definition) is 0. The molecule has 2 heterocycles. The van der Waals surface area contributed by atoms with Crippen LogP contribution in [0.5, 0.6) is 0 Å². The summed E-state index contributed by atoms with van der Waals surface area (Å²) in [5.41, 5.74) is 3.96. The van der Waals surface area contributed by atoms with Gasteiger partial charge < -0.3 is 14.3 Å². The van der Waals surface area contributed by atoms with Gasteiger partial charge in [-0.15, -0.1) is 0 Å². The van der Waals surface area contributed by atoms with Crippen LogP contribution in [-0.4, -0.2) is 40.3 Å². The highest BCUT2D eigenvalue weighted by Gasteiger charge is 2.38. The van der Waals surface area contributed by atoms with Gasteiger partial charge >= 0.3 is 0 Å². The summed E-state index contributed by atoms with van der Waals surface area (Å²) in [4.78, 5) is 24.5. The minimum absolute atomic E-state index is 0.174. The quantitative estimate of drug-likeness (QED) is 0.389. The second-order valence-corrected chi connectivity index (χ2v) is 7.90. The Labute approximate surface area is 195 Å². The number of oxime groups is 1. The molecule has 0 radical (unpaired) electrons. The molecule has 1 aromatic heterocycles. The first kappa shape index (κ1) is 21.5. The van der Waals surface area contributed by atoms with Gasteiger partial charge in [0.1, 0.15) is 19.0 Å². The molecule has 170 valence electrons. The van der Waals surface area contributed by atoms with Crippen molar-refractivity contribution < 1.29 is 18.5 Å². The van der Waals surface area contributed by atoms with E-state index < -0.39 is 6.04 Å². The van der Waals surface area contributed by atoms with Gasteiger partial charge in [0.2, 0.25) is 11.7 Å². The fraction of sp³-hybridized carbons (Fsp3) is 0.154. The van der Waals surface area contributed by atoms with Crippen LogP contribution in [0, 0.1) is 5.82 Å². The molecule has 0 spiro atoms. The SMILES string of the molecule is CON=C1C[C@@H](c2nc(-c3ccc(F)cc3)no2)N(C(=O)c2ccc(-c3ccccc3)cc2)C1. The lowest BCUT2D eigenvalue weighted by Crippen LogP contribution is -2.31. The van der Waals surface area contributed by atoms with Gasteiger partial charge in [-0.1, -0.05) is 52.8 Å². The maximum Gasteiger partial charge on any atom is 0.254 e. The maximum absolute atomic E-state index is 13.4. The summed E-state index contributed by atoms with van der Waals surface area (Å²) >= 11 is 0. The third-order valence-electron chi connectivity index (χ3n) is 5.71. The van der Waals surface area contributed by atoms with Crippen LogP contribution < -0.4 is 0 Å². The number of carbonyl (C=O) groups is 1. The molecule has 7 nitrogen and oxygen atoms in total. The Morgan fingerprint density at radius 3 is 2.38 bits per heavy atom. The minimum atomic E-state index is -0.489. The number of rotatable bonds is 5. The molecule has 0 saturated carbocycles. The van der Waals surface area contributed by atoms with Gasteiger partial charge in [-0.2, -0.15) is 4.98 Å². The van der Waals surface area contributed by atoms with Crippen molar-refractivity contribution in [1.29, 1.82) is 0 Å². The summed E-state index contributed by atoms with van der Waals surface area (Å²) in [6.07, 6.45) is 0.409. The molecule has 0 aliphatic carbocycles. The number of amides is 1. The van der Waals surface area contributed by atoms with E-state index in [9.17, 15) is 9.18 Å². The average molecular weight is 456 g/mol. The zero-order valence-electron chi connectivity index (χ0n) is 18.4. The molecule has 34 heavy (non-hydrogen) atoms. The molecule has 0 N–H and O–H groups in total. The molecule has 8 heteroatoms. The predicted molar refractivity (Wildman–Crippen MR) is 124 cm³/mol. The van der Waals surface area contributed by atoms with Crippen LogP contribution in [0.15, 0.2) is 88.5 Å². The average Bonchev–Trinajstić information content (AvgIpc) is 3.53. The summed E-state index contributed by atoms with van der Waals surface area (Å²) in [6.45, 7) is 0.284. The van der Waals surface area contributed by atoms with Gasteiger partial charge in [0, 0.05) is 17.5 Å². The zero-order chi connectivity index (χ0) is 23.5. The lowest BCUT2D eigenvalue weighted by Gasteiger charge is -2.21. The third-order valence-corrected chi connectivity index (χ3v) is 5.71. The van der Waals surface area contributed by atoms with E-state index >= 15 is 0 Å². The molecule has 1 atom stereocenters. The highest BCUT2D eigenvalue weighted by atomic mass is 19.1. The first-order valence-corrected chi connectivity index (χ1v) is 10.8. The molecule has 0 unspecified atom stereocenters. The molecule has 1 aliphatic rings. The van der Waals surface area contributed by atoms with E-state index in [0.717, 1.165) is 11.1 Å². The Morgan fingerprint density at radius 2 is 1.68 bits per heavy atom. The van der Waals surface area contributed by atoms with Crippen molar-refractivity contribution in [3.05, 3.63) is 96.1 Å². The number of nitrogens with zero attached hydrogens (tertiary/aromatic N) is 4. The van der Waals surface area contributed by atoms with E-state index in [1.807, 2.05) is 54.6 Å². The second-order valence-electron chi connectivity index (χ2n) is 7.90. The van der Waals surface area contributed by atoms with Crippen LogP contribution >= 0.6 is 0 Å². The van der Waals surface area contributed by atoms with Crippen LogP contribution in [0.1, 0.15) is 28.7 Å². The van der Waals surface area contributed by atoms with Gasteiger partial charge in [-0.3, -0.25) is 4.79 Å². The van der Waals surface area contributed by atoms with Gasteiger partial charge in [-0.25, -0.2) is 4.39 Å². The van der Waals surface area contributed by atoms with E-state index in [-0.39, 0.29) is 24.2 Å². The lowest BCUT2D eigenvalue weighted by atomic mass is 10.0. The van der Waals surface area contributed by atoms with E-state index in [1.165, 1.54) is 19.2 Å². The molecule has 0 bridgehead atoms. The Hall–Kier alpha value is -4.33. The van der Waals surface area contributed by atoms with Crippen LogP contribution in [0.3, 0.4) is 0 Å². The van der Waals surface area contributed by atoms with Crippen molar-refractivity contribution in [1.82, 2.24) is 15.0 Å². The lowest BCUT2D eigenvalue weighted by molar-refractivity contribution is 0.0713. The Morgan fingerprint density at radius 1 is 1.00 bits per heavy atom. The smallest absolute Gasteiger partial charge is 0.254 e. The minimum Gasteiger partial charge on any atom is -0.399 e. The second kappa shape index (κ2) is 9.27. The number of halogens is 1. The van der Waals surface area contributed by atoms with Gasteiger partial charge in [0.15, 0.2) is 0 Å². The summed E-state index contributed by atoms with van der Waals surface area (Å²) < 4.78 is 18.8. The van der Waals surface area contributed by atoms with E-state index in [4.69, 9.17) is 9.36 Å². The third kappa shape index (κ3) is 4.30. The number of carbonyl (C=O) groups excluding carboxylic acids is 1. The van der Waals surface area contributed by atoms with Crippen molar-refractivity contribution in [2.45, 2.75) is 12.5 Å². The molecule has 3 aromatic carbocycles. The first-order chi connectivity index (χ1) is 16.6. The topological polar surface area (TPSA) is 80.8 Å². The molecule has 1 amide bonds. The standard InChI is InChI=1S/C26H21FN4O3/c1-33-29-22-15-23(25-28-24(30-34-25)19-11-13-21(27)14-12-19)31(16-22)26(32)20-9-7-18(8-10-20)17-5-3-2-4-6-17/h2-14,23H,15-16H2,1H3/t23-/m0/s1. The first-order valence-electron chi connectivity index (χ1n) is 10.8. The van der Waals surface area contributed by atoms with E-state index in [1.54, 1.807) is 17.0 Å². The Kier molecular flexibility index (Phi) is 5.86. The predicted octanol–water partition coefficient (Wildman–Crippen LogP) is 5.13. The van der Waals surface area contributed by atoms with Crippen LogP contribution in [0.25, 0.3) is 22.5 Å². The fourth-order valence-corrected chi connectivity index (χ4v) is 4.02. The van der Waals surface area contributed by atoms with Crippen LogP contribution in [0.2, 0.25) is 0 Å². The van der Waals surface area contributed by atoms with Gasteiger partial charge in [0.05, 0.1) is 12.3 Å². The fourth-order valence-electron chi connectivity index (χ4n) is 4.02. The van der Waals surface area contributed by atoms with Crippen molar-refractivity contribution in [3.8, 4) is 22.5 Å². The largest absolute Gasteiger partial charge is 0.399 e. The summed E-state index contributed by atoms with van der Waals surface area (Å²) in [5.74, 6) is 0.0906. The van der Waals surface area contributed by atoms with Crippen LogP contribution in [0.4, 0.5) is 4.39 Å². The van der Waals surface area contributed by atoms with Crippen molar-refractivity contribution in [3.63, 3.8) is 0 Å². The molecule has 1 aliphatic heterocycles. The maximum atomic E-state index is 13.4. The Balaban J connectivity index is 1.42.